The summed E-state index contributed by atoms with van der Waals surface area (Å²) in [6, 6.07) is 18.5. The molecule has 0 aliphatic carbocycles. The summed E-state index contributed by atoms with van der Waals surface area (Å²) in [5.74, 6) is -0.162. The molecule has 0 atom stereocenters. The smallest absolute Gasteiger partial charge is 0.200 e. The summed E-state index contributed by atoms with van der Waals surface area (Å²) in [5, 5.41) is 0.378. The number of aryl methyl sites for hydroxylation is 1. The fraction of sp³-hybridized carbons (Fsp3) is 0.120. The Labute approximate surface area is 173 Å². The molecule has 0 N–H and O–H groups in total. The molecule has 1 aromatic heterocycles. The Bertz CT molecular complexity index is 1310. The largest absolute Gasteiger partial charge is 0.497 e. The summed E-state index contributed by atoms with van der Waals surface area (Å²) >= 11 is 0. The number of fused-ring (bicyclic) bond motifs is 1. The van der Waals surface area contributed by atoms with Crippen molar-refractivity contribution < 1.29 is 13.9 Å². The average Bonchev–Trinajstić information content (AvgIpc) is 2.75. The molecule has 4 nitrogen and oxygen atoms in total. The first-order valence-electron chi connectivity index (χ1n) is 9.53. The van der Waals surface area contributed by atoms with Crippen molar-refractivity contribution in [2.75, 3.05) is 7.11 Å². The fourth-order valence-electron chi connectivity index (χ4n) is 3.49. The van der Waals surface area contributed by atoms with Gasteiger partial charge in [-0.3, -0.25) is 9.59 Å². The third-order valence-corrected chi connectivity index (χ3v) is 5.09. The molecule has 3 aromatic carbocycles. The predicted molar refractivity (Wildman–Crippen MR) is 115 cm³/mol. The SMILES string of the molecule is COc1ccc2c(c1)c(=O)c(C(=O)c1ccc(C)cc1)cn2Cc1cccc(F)c1. The van der Waals surface area contributed by atoms with E-state index in [1.165, 1.54) is 19.2 Å². The third-order valence-electron chi connectivity index (χ3n) is 5.09. The second-order valence-electron chi connectivity index (χ2n) is 7.21. The van der Waals surface area contributed by atoms with Crippen molar-refractivity contribution >= 4 is 16.7 Å². The highest BCUT2D eigenvalue weighted by molar-refractivity contribution is 6.10. The van der Waals surface area contributed by atoms with Gasteiger partial charge in [0.25, 0.3) is 0 Å². The van der Waals surface area contributed by atoms with Crippen LogP contribution < -0.4 is 10.2 Å². The highest BCUT2D eigenvalue weighted by Crippen LogP contribution is 2.21. The van der Waals surface area contributed by atoms with Crippen molar-refractivity contribution in [3.8, 4) is 5.75 Å². The van der Waals surface area contributed by atoms with E-state index in [9.17, 15) is 14.0 Å². The molecular weight excluding hydrogens is 381 g/mol. The Morgan fingerprint density at radius 3 is 2.50 bits per heavy atom. The molecule has 0 saturated carbocycles. The van der Waals surface area contributed by atoms with Crippen molar-refractivity contribution in [3.63, 3.8) is 0 Å². The standard InChI is InChI=1S/C25H20FNO3/c1-16-6-8-18(9-7-16)24(28)22-15-27(14-17-4-3-5-19(26)12-17)23-11-10-20(30-2)13-21(23)25(22)29/h3-13,15H,14H2,1-2H3. The van der Waals surface area contributed by atoms with E-state index in [-0.39, 0.29) is 22.6 Å². The Hall–Kier alpha value is -3.73. The lowest BCUT2D eigenvalue weighted by Gasteiger charge is -2.14. The Balaban J connectivity index is 1.91. The number of carbonyl (C=O) groups is 1. The van der Waals surface area contributed by atoms with Gasteiger partial charge >= 0.3 is 0 Å². The van der Waals surface area contributed by atoms with Crippen LogP contribution in [0.4, 0.5) is 4.39 Å². The van der Waals surface area contributed by atoms with Crippen molar-refractivity contribution in [2.24, 2.45) is 0 Å². The van der Waals surface area contributed by atoms with Crippen LogP contribution in [0, 0.1) is 12.7 Å². The molecule has 4 rings (SSSR count). The van der Waals surface area contributed by atoms with Crippen LogP contribution in [0.1, 0.15) is 27.0 Å². The summed E-state index contributed by atoms with van der Waals surface area (Å²) < 4.78 is 20.7. The number of benzene rings is 3. The van der Waals surface area contributed by atoms with E-state index < -0.39 is 0 Å². The first-order chi connectivity index (χ1) is 14.5. The van der Waals surface area contributed by atoms with Gasteiger partial charge < -0.3 is 9.30 Å². The molecule has 0 fully saturated rings. The highest BCUT2D eigenvalue weighted by atomic mass is 19.1. The Kier molecular flexibility index (Phi) is 5.19. The van der Waals surface area contributed by atoms with Crippen LogP contribution >= 0.6 is 0 Å². The number of halogens is 1. The van der Waals surface area contributed by atoms with Gasteiger partial charge in [-0.05, 0) is 42.8 Å². The van der Waals surface area contributed by atoms with E-state index in [2.05, 4.69) is 0 Å². The van der Waals surface area contributed by atoms with Gasteiger partial charge in [-0.15, -0.1) is 0 Å². The van der Waals surface area contributed by atoms with Gasteiger partial charge in [0.15, 0.2) is 5.78 Å². The molecule has 30 heavy (non-hydrogen) atoms. The van der Waals surface area contributed by atoms with E-state index in [1.807, 2.05) is 19.1 Å². The molecule has 5 heteroatoms. The van der Waals surface area contributed by atoms with E-state index >= 15 is 0 Å². The van der Waals surface area contributed by atoms with Crippen LogP contribution in [-0.2, 0) is 6.54 Å². The van der Waals surface area contributed by atoms with E-state index in [4.69, 9.17) is 4.74 Å². The highest BCUT2D eigenvalue weighted by Gasteiger charge is 2.18. The van der Waals surface area contributed by atoms with Gasteiger partial charge in [0.1, 0.15) is 11.6 Å². The van der Waals surface area contributed by atoms with Crippen LogP contribution in [-0.4, -0.2) is 17.5 Å². The van der Waals surface area contributed by atoms with E-state index in [0.29, 0.717) is 28.8 Å². The maximum atomic E-state index is 13.7. The lowest BCUT2D eigenvalue weighted by atomic mass is 10.0. The molecular formula is C25H20FNO3. The average molecular weight is 401 g/mol. The molecule has 0 unspecified atom stereocenters. The molecule has 4 aromatic rings. The summed E-state index contributed by atoms with van der Waals surface area (Å²) in [5.41, 5.74) is 2.55. The normalized spacial score (nSPS) is 10.9. The van der Waals surface area contributed by atoms with Crippen LogP contribution in [0.25, 0.3) is 10.9 Å². The number of aromatic nitrogens is 1. The number of hydrogen-bond donors (Lipinski definition) is 0. The molecule has 150 valence electrons. The Morgan fingerprint density at radius 1 is 1.03 bits per heavy atom. The number of nitrogens with zero attached hydrogens (tertiary/aromatic N) is 1. The minimum absolute atomic E-state index is 0.0657. The number of ketones is 1. The summed E-state index contributed by atoms with van der Waals surface area (Å²) in [6.07, 6.45) is 1.56. The van der Waals surface area contributed by atoms with Crippen LogP contribution in [0.15, 0.2) is 77.7 Å². The number of rotatable bonds is 5. The minimum atomic E-state index is -0.357. The maximum Gasteiger partial charge on any atom is 0.200 e. The fourth-order valence-corrected chi connectivity index (χ4v) is 3.49. The van der Waals surface area contributed by atoms with Gasteiger partial charge in [0, 0.05) is 18.3 Å². The number of hydrogen-bond acceptors (Lipinski definition) is 3. The van der Waals surface area contributed by atoms with Crippen LogP contribution in [0.3, 0.4) is 0 Å². The van der Waals surface area contributed by atoms with Crippen LogP contribution in [0.5, 0.6) is 5.75 Å². The van der Waals surface area contributed by atoms with Gasteiger partial charge in [0.05, 0.1) is 23.6 Å². The van der Waals surface area contributed by atoms with Gasteiger partial charge in [-0.1, -0.05) is 42.0 Å². The molecule has 0 radical (unpaired) electrons. The van der Waals surface area contributed by atoms with Gasteiger partial charge in [-0.2, -0.15) is 0 Å². The number of pyridine rings is 1. The monoisotopic (exact) mass is 401 g/mol. The first-order valence-corrected chi connectivity index (χ1v) is 9.53. The van der Waals surface area contributed by atoms with Crippen molar-refractivity contribution in [1.82, 2.24) is 4.57 Å². The molecule has 1 heterocycles. The summed E-state index contributed by atoms with van der Waals surface area (Å²) in [6.45, 7) is 2.25. The van der Waals surface area contributed by atoms with Crippen molar-refractivity contribution in [3.05, 3.63) is 111 Å². The van der Waals surface area contributed by atoms with Gasteiger partial charge in [-0.25, -0.2) is 4.39 Å². The predicted octanol–water partition coefficient (Wildman–Crippen LogP) is 4.74. The van der Waals surface area contributed by atoms with E-state index in [0.717, 1.165) is 11.1 Å². The lowest BCUT2D eigenvalue weighted by Crippen LogP contribution is -2.20. The lowest BCUT2D eigenvalue weighted by molar-refractivity contribution is 0.103. The van der Waals surface area contributed by atoms with E-state index in [1.54, 1.807) is 53.2 Å². The maximum absolute atomic E-state index is 13.7. The number of carbonyl (C=O) groups excluding carboxylic acids is 1. The zero-order valence-corrected chi connectivity index (χ0v) is 16.7. The van der Waals surface area contributed by atoms with Crippen molar-refractivity contribution in [2.45, 2.75) is 13.5 Å². The second kappa shape index (κ2) is 7.95. The molecule has 0 spiro atoms. The quantitative estimate of drug-likeness (QED) is 0.454. The summed E-state index contributed by atoms with van der Waals surface area (Å²) in [4.78, 5) is 26.3. The van der Waals surface area contributed by atoms with Gasteiger partial charge in [0.2, 0.25) is 5.43 Å². The first kappa shape index (κ1) is 19.6. The third kappa shape index (κ3) is 3.74. The van der Waals surface area contributed by atoms with Crippen molar-refractivity contribution in [1.29, 1.82) is 0 Å². The molecule has 0 amide bonds. The zero-order chi connectivity index (χ0) is 21.3. The molecule has 0 saturated heterocycles. The Morgan fingerprint density at radius 2 is 1.80 bits per heavy atom. The molecule has 0 aliphatic heterocycles. The summed E-state index contributed by atoms with van der Waals surface area (Å²) in [7, 11) is 1.52. The topological polar surface area (TPSA) is 48.3 Å². The number of methoxy groups -OCH3 is 1. The zero-order valence-electron chi connectivity index (χ0n) is 16.7. The second-order valence-corrected chi connectivity index (χ2v) is 7.21. The molecule has 0 aliphatic rings. The molecule has 0 bridgehead atoms. The van der Waals surface area contributed by atoms with Crippen LogP contribution in [0.2, 0.25) is 0 Å². The minimum Gasteiger partial charge on any atom is -0.497 e. The number of ether oxygens (including phenoxy) is 1.